The van der Waals surface area contributed by atoms with Crippen LogP contribution in [0.15, 0.2) is 12.1 Å². The Hall–Kier alpha value is -1.24. The minimum absolute atomic E-state index is 0.215. The van der Waals surface area contributed by atoms with Gasteiger partial charge in [-0.1, -0.05) is 11.6 Å². The van der Waals surface area contributed by atoms with Crippen LogP contribution in [-0.2, 0) is 0 Å². The molecule has 2 N–H and O–H groups in total. The molecule has 1 fully saturated rings. The van der Waals surface area contributed by atoms with E-state index in [0.717, 1.165) is 37.0 Å². The Balaban J connectivity index is 2.11. The van der Waals surface area contributed by atoms with Crippen LogP contribution < -0.4 is 10.5 Å². The summed E-state index contributed by atoms with van der Waals surface area (Å²) >= 11 is 6.12. The minimum atomic E-state index is 0.215. The fourth-order valence-corrected chi connectivity index (χ4v) is 2.47. The number of hydrogen-bond acceptors (Lipinski definition) is 3. The number of nitrogens with two attached hydrogens (primary N) is 1. The number of benzene rings is 1. The molecule has 4 heteroatoms. The molecular weight excluding hydrogens is 248 g/mol. The largest absolute Gasteiger partial charge is 0.490 e. The number of hydrogen-bond donors (Lipinski definition) is 1. The topological polar surface area (TPSA) is 59.0 Å². The molecule has 0 spiro atoms. The second-order valence-electron chi connectivity index (χ2n) is 4.82. The van der Waals surface area contributed by atoms with Crippen molar-refractivity contribution in [2.24, 2.45) is 5.73 Å². The van der Waals surface area contributed by atoms with Crippen molar-refractivity contribution in [2.75, 3.05) is 0 Å². The van der Waals surface area contributed by atoms with E-state index in [4.69, 9.17) is 27.3 Å². The molecule has 0 amide bonds. The van der Waals surface area contributed by atoms with E-state index in [9.17, 15) is 0 Å². The van der Waals surface area contributed by atoms with Gasteiger partial charge in [-0.05, 0) is 44.7 Å². The summed E-state index contributed by atoms with van der Waals surface area (Å²) < 4.78 is 5.97. The first-order valence-corrected chi connectivity index (χ1v) is 6.61. The third-order valence-corrected chi connectivity index (χ3v) is 3.96. The number of nitrogens with zero attached hydrogens (tertiary/aromatic N) is 1. The van der Waals surface area contributed by atoms with Gasteiger partial charge in [0.05, 0.1) is 16.7 Å². The summed E-state index contributed by atoms with van der Waals surface area (Å²) in [6.07, 6.45) is 4.20. The molecule has 0 saturated heterocycles. The van der Waals surface area contributed by atoms with Crippen molar-refractivity contribution < 1.29 is 4.74 Å². The summed E-state index contributed by atoms with van der Waals surface area (Å²) in [6.45, 7) is 1.88. The fraction of sp³-hybridized carbons (Fsp3) is 0.500. The molecule has 0 radical (unpaired) electrons. The second kappa shape index (κ2) is 5.60. The van der Waals surface area contributed by atoms with Crippen molar-refractivity contribution in [3.8, 4) is 11.8 Å². The fourth-order valence-electron chi connectivity index (χ4n) is 2.27. The van der Waals surface area contributed by atoms with Crippen LogP contribution in [0.2, 0.25) is 5.02 Å². The average molecular weight is 265 g/mol. The lowest BCUT2D eigenvalue weighted by Crippen LogP contribution is -2.31. The lowest BCUT2D eigenvalue weighted by Gasteiger charge is -2.27. The first kappa shape index (κ1) is 13.2. The van der Waals surface area contributed by atoms with Crippen LogP contribution in [0.4, 0.5) is 0 Å². The molecule has 1 aliphatic carbocycles. The van der Waals surface area contributed by atoms with Crippen LogP contribution in [-0.4, -0.2) is 12.1 Å². The molecule has 2 rings (SSSR count). The molecule has 96 valence electrons. The van der Waals surface area contributed by atoms with Crippen molar-refractivity contribution >= 4 is 11.6 Å². The Kier molecular flexibility index (Phi) is 4.11. The van der Waals surface area contributed by atoms with E-state index in [2.05, 4.69) is 6.07 Å². The molecule has 0 unspecified atom stereocenters. The van der Waals surface area contributed by atoms with Crippen LogP contribution in [0, 0.1) is 18.3 Å². The number of nitriles is 1. The number of halogens is 1. The molecule has 1 aromatic carbocycles. The van der Waals surface area contributed by atoms with Gasteiger partial charge in [0.25, 0.3) is 0 Å². The molecule has 18 heavy (non-hydrogen) atoms. The van der Waals surface area contributed by atoms with Gasteiger partial charge in [-0.3, -0.25) is 0 Å². The SMILES string of the molecule is Cc1c(O[C@H]2CC[C@H](N)CC2)ccc(C#N)c1Cl. The van der Waals surface area contributed by atoms with Gasteiger partial charge in [0.1, 0.15) is 11.8 Å². The number of ether oxygens (including phenoxy) is 1. The Labute approximate surface area is 112 Å². The van der Waals surface area contributed by atoms with Crippen molar-refractivity contribution in [2.45, 2.75) is 44.8 Å². The minimum Gasteiger partial charge on any atom is -0.490 e. The standard InChI is InChI=1S/C14H17ClN2O/c1-9-13(7-2-10(8-16)14(9)15)18-12-5-3-11(17)4-6-12/h2,7,11-12H,3-6,17H2,1H3/t11-,12-. The summed E-state index contributed by atoms with van der Waals surface area (Å²) in [5.74, 6) is 0.777. The van der Waals surface area contributed by atoms with Gasteiger partial charge in [0.15, 0.2) is 0 Å². The smallest absolute Gasteiger partial charge is 0.124 e. The van der Waals surface area contributed by atoms with Crippen LogP contribution >= 0.6 is 11.6 Å². The van der Waals surface area contributed by atoms with E-state index in [1.165, 1.54) is 0 Å². The van der Waals surface area contributed by atoms with Crippen LogP contribution in [0.5, 0.6) is 5.75 Å². The zero-order valence-electron chi connectivity index (χ0n) is 10.4. The van der Waals surface area contributed by atoms with E-state index in [0.29, 0.717) is 16.6 Å². The maximum atomic E-state index is 8.90. The molecule has 0 atom stereocenters. The van der Waals surface area contributed by atoms with E-state index in [1.54, 1.807) is 6.07 Å². The van der Waals surface area contributed by atoms with E-state index in [1.807, 2.05) is 13.0 Å². The van der Waals surface area contributed by atoms with Crippen LogP contribution in [0.3, 0.4) is 0 Å². The highest BCUT2D eigenvalue weighted by Crippen LogP contribution is 2.31. The van der Waals surface area contributed by atoms with Gasteiger partial charge < -0.3 is 10.5 Å². The first-order chi connectivity index (χ1) is 8.61. The Morgan fingerprint density at radius 2 is 2.00 bits per heavy atom. The summed E-state index contributed by atoms with van der Waals surface area (Å²) in [5, 5.41) is 9.38. The number of rotatable bonds is 2. The monoisotopic (exact) mass is 264 g/mol. The summed E-state index contributed by atoms with van der Waals surface area (Å²) in [4.78, 5) is 0. The van der Waals surface area contributed by atoms with Gasteiger partial charge in [-0.15, -0.1) is 0 Å². The van der Waals surface area contributed by atoms with Crippen molar-refractivity contribution in [3.05, 3.63) is 28.3 Å². The molecule has 0 aliphatic heterocycles. The first-order valence-electron chi connectivity index (χ1n) is 6.23. The molecule has 0 aromatic heterocycles. The van der Waals surface area contributed by atoms with Crippen molar-refractivity contribution in [1.82, 2.24) is 0 Å². The molecule has 0 bridgehead atoms. The molecule has 1 saturated carbocycles. The average Bonchev–Trinajstić information content (AvgIpc) is 2.38. The van der Waals surface area contributed by atoms with Crippen LogP contribution in [0.25, 0.3) is 0 Å². The molecule has 1 aromatic rings. The predicted octanol–water partition coefficient (Wildman–Crippen LogP) is 3.17. The third kappa shape index (κ3) is 2.77. The maximum Gasteiger partial charge on any atom is 0.124 e. The van der Waals surface area contributed by atoms with Gasteiger partial charge in [-0.25, -0.2) is 0 Å². The maximum absolute atomic E-state index is 8.90. The van der Waals surface area contributed by atoms with Gasteiger partial charge in [0.2, 0.25) is 0 Å². The Bertz CT molecular complexity index is 473. The molecule has 1 aliphatic rings. The summed E-state index contributed by atoms with van der Waals surface area (Å²) in [7, 11) is 0. The normalized spacial score (nSPS) is 23.4. The van der Waals surface area contributed by atoms with E-state index >= 15 is 0 Å². The summed E-state index contributed by atoms with van der Waals surface area (Å²) in [6, 6.07) is 5.92. The van der Waals surface area contributed by atoms with E-state index in [-0.39, 0.29) is 6.10 Å². The quantitative estimate of drug-likeness (QED) is 0.893. The van der Waals surface area contributed by atoms with Crippen molar-refractivity contribution in [3.63, 3.8) is 0 Å². The zero-order valence-corrected chi connectivity index (χ0v) is 11.2. The van der Waals surface area contributed by atoms with Crippen molar-refractivity contribution in [1.29, 1.82) is 5.26 Å². The third-order valence-electron chi connectivity index (χ3n) is 3.47. The van der Waals surface area contributed by atoms with Gasteiger partial charge >= 0.3 is 0 Å². The highest BCUT2D eigenvalue weighted by Gasteiger charge is 2.21. The van der Waals surface area contributed by atoms with E-state index < -0.39 is 0 Å². The highest BCUT2D eigenvalue weighted by atomic mass is 35.5. The second-order valence-corrected chi connectivity index (χ2v) is 5.19. The predicted molar refractivity (Wildman–Crippen MR) is 71.8 cm³/mol. The molecule has 3 nitrogen and oxygen atoms in total. The van der Waals surface area contributed by atoms with Gasteiger partial charge in [-0.2, -0.15) is 5.26 Å². The molecular formula is C14H17ClN2O. The molecule has 0 heterocycles. The Morgan fingerprint density at radius 3 is 2.61 bits per heavy atom. The Morgan fingerprint density at radius 1 is 1.33 bits per heavy atom. The lowest BCUT2D eigenvalue weighted by atomic mass is 9.93. The summed E-state index contributed by atoms with van der Waals surface area (Å²) in [5.41, 5.74) is 7.20. The van der Waals surface area contributed by atoms with Gasteiger partial charge in [0, 0.05) is 11.6 Å². The zero-order chi connectivity index (χ0) is 13.1. The lowest BCUT2D eigenvalue weighted by molar-refractivity contribution is 0.146. The highest BCUT2D eigenvalue weighted by molar-refractivity contribution is 6.32. The van der Waals surface area contributed by atoms with Crippen LogP contribution in [0.1, 0.15) is 36.8 Å².